The van der Waals surface area contributed by atoms with Gasteiger partial charge < -0.3 is 59.3 Å². The Kier molecular flexibility index (Phi) is 29.8. The molecule has 2 aliphatic rings. The molecule has 0 aromatic rings. The van der Waals surface area contributed by atoms with Crippen LogP contribution in [0.5, 0.6) is 0 Å². The molecule has 2 fully saturated rings. The lowest BCUT2D eigenvalue weighted by Gasteiger charge is -2.36. The lowest BCUT2D eigenvalue weighted by atomic mass is 10.2. The largest absolute Gasteiger partial charge is 0.480 e. The van der Waals surface area contributed by atoms with Crippen molar-refractivity contribution in [2.45, 2.75) is 12.2 Å². The maximum absolute atomic E-state index is 12.4. The zero-order valence-corrected chi connectivity index (χ0v) is 40.6. The SMILES string of the molecule is O=COCN1CCN(COC=O)CCN(CC(O)CN(CN(CC(O)CN2CCN(COC=O)CCN(CC(=O)O)CCN(CC(=O)O)CC2)CP(=O)(O)O)CP(=O)(O)O)CCN(CC(=O)O)CC1. The van der Waals surface area contributed by atoms with Gasteiger partial charge in [-0.3, -0.25) is 86.9 Å². The first-order valence-corrected chi connectivity index (χ1v) is 25.7. The van der Waals surface area contributed by atoms with Gasteiger partial charge in [-0.25, -0.2) is 0 Å². The van der Waals surface area contributed by atoms with Gasteiger partial charge in [-0.2, -0.15) is 0 Å². The van der Waals surface area contributed by atoms with Gasteiger partial charge in [-0.15, -0.1) is 0 Å². The van der Waals surface area contributed by atoms with Crippen LogP contribution >= 0.6 is 15.2 Å². The predicted octanol–water partition coefficient (Wildman–Crippen LogP) is -6.37. The highest BCUT2D eigenvalue weighted by molar-refractivity contribution is 7.51. The van der Waals surface area contributed by atoms with Crippen molar-refractivity contribution >= 4 is 52.5 Å². The number of hydrogen-bond acceptors (Lipinski definition) is 23. The average molecular weight is 1040 g/mol. The van der Waals surface area contributed by atoms with E-state index in [2.05, 4.69) is 0 Å². The van der Waals surface area contributed by atoms with Gasteiger partial charge in [0.1, 0.15) is 32.8 Å². The zero-order valence-electron chi connectivity index (χ0n) is 38.8. The summed E-state index contributed by atoms with van der Waals surface area (Å²) in [6, 6.07) is 0. The average Bonchev–Trinajstić information content (AvgIpc) is 3.22. The van der Waals surface area contributed by atoms with E-state index in [4.69, 9.17) is 14.2 Å². The molecular formula is C37H72N10O20P2. The third-order valence-electron chi connectivity index (χ3n) is 11.0. The van der Waals surface area contributed by atoms with Crippen molar-refractivity contribution in [3.8, 4) is 0 Å². The standard InChI is InChI=1S/C37H72N10O20P2/c48-30-65-25-43-11-7-38(1-3-40(21-35(53)54)5-6-42(9-13-43)23-37(57)58)17-33(51)19-46(28-68(59,60)61)24-47(29-69(62,63)64)20-34(52)18-39-2-4-41(22-36(55)56)10-14-45(27-67-32-50)16-15-44(12-8-39)26-66-31-49/h30-34,51-52H,1-29H2,(H,53,54)(H,55,56)(H,57,58)(H2,59,60,61)(H2,62,63,64). The molecule has 0 bridgehead atoms. The molecule has 0 amide bonds. The second-order valence-corrected chi connectivity index (χ2v) is 20.1. The third-order valence-corrected chi connectivity index (χ3v) is 12.5. The Morgan fingerprint density at radius 2 is 0.681 bits per heavy atom. The van der Waals surface area contributed by atoms with Crippen LogP contribution in [0.4, 0.5) is 0 Å². The smallest absolute Gasteiger partial charge is 0.339 e. The molecule has 2 unspecified atom stereocenters. The number of carbonyl (C=O) groups excluding carboxylic acids is 3. The second kappa shape index (κ2) is 33.3. The number of hydrogen-bond donors (Lipinski definition) is 9. The summed E-state index contributed by atoms with van der Waals surface area (Å²) in [7, 11) is -9.78. The van der Waals surface area contributed by atoms with Crippen LogP contribution in [0.3, 0.4) is 0 Å². The van der Waals surface area contributed by atoms with E-state index in [1.165, 1.54) is 0 Å². The van der Waals surface area contributed by atoms with E-state index in [0.717, 1.165) is 9.80 Å². The van der Waals surface area contributed by atoms with E-state index in [0.29, 0.717) is 19.6 Å². The Hall–Kier alpha value is -3.36. The lowest BCUT2D eigenvalue weighted by molar-refractivity contribution is -0.140. The molecule has 0 radical (unpaired) electrons. The molecule has 0 aliphatic carbocycles. The van der Waals surface area contributed by atoms with Crippen molar-refractivity contribution in [2.24, 2.45) is 0 Å². The summed E-state index contributed by atoms with van der Waals surface area (Å²) in [6.45, 7) is 1.53. The topological polar surface area (TPSA) is 379 Å². The molecule has 2 aliphatic heterocycles. The number of nitrogens with zero attached hydrogens (tertiary/aromatic N) is 10. The van der Waals surface area contributed by atoms with E-state index >= 15 is 0 Å². The Balaban J connectivity index is 2.32. The van der Waals surface area contributed by atoms with E-state index in [1.807, 2.05) is 0 Å². The first-order chi connectivity index (χ1) is 32.6. The van der Waals surface area contributed by atoms with Crippen molar-refractivity contribution in [3.63, 3.8) is 0 Å². The van der Waals surface area contributed by atoms with Crippen LogP contribution in [0.25, 0.3) is 0 Å². The van der Waals surface area contributed by atoms with Crippen LogP contribution in [0, 0.1) is 0 Å². The molecule has 30 nitrogen and oxygen atoms in total. The number of aliphatic hydroxyl groups excluding tert-OH is 2. The molecule has 2 rings (SSSR count). The molecule has 2 atom stereocenters. The summed E-state index contributed by atoms with van der Waals surface area (Å²) in [5, 5.41) is 51.5. The fraction of sp³-hybridized carbons (Fsp3) is 0.838. The number of aliphatic hydroxyl groups is 2. The highest BCUT2D eigenvalue weighted by atomic mass is 31.2. The quantitative estimate of drug-likeness (QED) is 0.0146. The van der Waals surface area contributed by atoms with E-state index in [-0.39, 0.29) is 157 Å². The number of rotatable bonds is 29. The fourth-order valence-electron chi connectivity index (χ4n) is 7.80. The van der Waals surface area contributed by atoms with Crippen LogP contribution in [-0.4, -0.2) is 334 Å². The van der Waals surface area contributed by atoms with Gasteiger partial charge in [-0.1, -0.05) is 0 Å². The van der Waals surface area contributed by atoms with Crippen molar-refractivity contribution in [2.75, 3.05) is 190 Å². The maximum atomic E-state index is 12.4. The van der Waals surface area contributed by atoms with Gasteiger partial charge in [0, 0.05) is 131 Å². The van der Waals surface area contributed by atoms with E-state index < -0.39 is 77.6 Å². The molecule has 69 heavy (non-hydrogen) atoms. The fourth-order valence-corrected chi connectivity index (χ4v) is 9.25. The number of β-amino-alcohol motifs (C(OH)–C–C–N with tert-alkyl or cyclic N) is 2. The van der Waals surface area contributed by atoms with Gasteiger partial charge >= 0.3 is 33.1 Å². The highest BCUT2D eigenvalue weighted by Gasteiger charge is 2.30. The Labute approximate surface area is 400 Å². The lowest BCUT2D eigenvalue weighted by Crippen LogP contribution is -2.51. The van der Waals surface area contributed by atoms with Crippen LogP contribution in [0.2, 0.25) is 0 Å². The predicted molar refractivity (Wildman–Crippen MR) is 240 cm³/mol. The van der Waals surface area contributed by atoms with E-state index in [9.17, 15) is 83.0 Å². The minimum atomic E-state index is -4.89. The van der Waals surface area contributed by atoms with Crippen LogP contribution in [0.15, 0.2) is 0 Å². The number of aliphatic carboxylic acids is 3. The summed E-state index contributed by atoms with van der Waals surface area (Å²) >= 11 is 0. The molecular weight excluding hydrogens is 966 g/mol. The molecule has 9 N–H and O–H groups in total. The van der Waals surface area contributed by atoms with Crippen molar-refractivity contribution < 1.29 is 97.2 Å². The molecule has 400 valence electrons. The number of carboxylic acid groups (broad SMARTS) is 3. The van der Waals surface area contributed by atoms with Gasteiger partial charge in [-0.05, 0) is 0 Å². The zero-order chi connectivity index (χ0) is 51.4. The van der Waals surface area contributed by atoms with Gasteiger partial charge in [0.05, 0.1) is 38.5 Å². The normalized spacial score (nSPS) is 19.9. The Morgan fingerprint density at radius 3 is 0.899 bits per heavy atom. The maximum Gasteiger partial charge on any atom is 0.339 e. The summed E-state index contributed by atoms with van der Waals surface area (Å²) in [4.78, 5) is 124. The molecule has 2 heterocycles. The van der Waals surface area contributed by atoms with Crippen LogP contribution in [0.1, 0.15) is 0 Å². The second-order valence-electron chi connectivity index (χ2n) is 16.9. The van der Waals surface area contributed by atoms with Crippen molar-refractivity contribution in [1.29, 1.82) is 0 Å². The molecule has 0 aromatic heterocycles. The Morgan fingerprint density at radius 1 is 0.449 bits per heavy atom. The minimum Gasteiger partial charge on any atom is -0.480 e. The summed E-state index contributed by atoms with van der Waals surface area (Å²) in [6.07, 6.45) is -4.64. The van der Waals surface area contributed by atoms with Crippen molar-refractivity contribution in [3.05, 3.63) is 0 Å². The van der Waals surface area contributed by atoms with Crippen LogP contribution in [-0.2, 0) is 52.1 Å². The van der Waals surface area contributed by atoms with Crippen molar-refractivity contribution in [1.82, 2.24) is 49.0 Å². The number of carboxylic acids is 3. The molecule has 0 spiro atoms. The highest BCUT2D eigenvalue weighted by Crippen LogP contribution is 2.37. The summed E-state index contributed by atoms with van der Waals surface area (Å²) < 4.78 is 39.7. The first kappa shape index (κ1) is 61.8. The summed E-state index contributed by atoms with van der Waals surface area (Å²) in [5.74, 6) is -3.31. The number of ether oxygens (including phenoxy) is 3. The molecule has 2 saturated heterocycles. The first-order valence-electron chi connectivity index (χ1n) is 22.1. The summed E-state index contributed by atoms with van der Waals surface area (Å²) in [5.41, 5.74) is 0. The van der Waals surface area contributed by atoms with E-state index in [1.54, 1.807) is 39.2 Å². The monoisotopic (exact) mass is 1040 g/mol. The Bertz CT molecular complexity index is 1640. The minimum absolute atomic E-state index is 0.0629. The molecule has 0 saturated carbocycles. The third kappa shape index (κ3) is 30.9. The molecule has 32 heteroatoms. The van der Waals surface area contributed by atoms with Crippen LogP contribution < -0.4 is 0 Å². The number of carbonyl (C=O) groups is 6. The van der Waals surface area contributed by atoms with Gasteiger partial charge in [0.2, 0.25) is 0 Å². The van der Waals surface area contributed by atoms with Gasteiger partial charge in [0.15, 0.2) is 0 Å². The van der Waals surface area contributed by atoms with Gasteiger partial charge in [0.25, 0.3) is 19.4 Å². The molecule has 0 aromatic carbocycles.